The van der Waals surface area contributed by atoms with Gasteiger partial charge in [0.2, 0.25) is 5.91 Å². The molecule has 5 rings (SSSR count). The number of amides is 1. The number of rotatable bonds is 6. The van der Waals surface area contributed by atoms with Crippen molar-refractivity contribution in [2.75, 3.05) is 39.8 Å². The first kappa shape index (κ1) is 25.0. The lowest BCUT2D eigenvalue weighted by Gasteiger charge is -2.57. The van der Waals surface area contributed by atoms with Gasteiger partial charge in [0, 0.05) is 54.8 Å². The second-order valence-electron chi connectivity index (χ2n) is 10.8. The molecule has 194 valence electrons. The second kappa shape index (κ2) is 9.66. The molecule has 3 aromatic rings. The van der Waals surface area contributed by atoms with E-state index < -0.39 is 0 Å². The molecule has 0 bridgehead atoms. The maximum absolute atomic E-state index is 14.4. The van der Waals surface area contributed by atoms with E-state index in [1.165, 1.54) is 11.3 Å². The molecule has 1 amide bonds. The summed E-state index contributed by atoms with van der Waals surface area (Å²) in [5.74, 6) is 2.15. The van der Waals surface area contributed by atoms with Crippen LogP contribution in [0.4, 0.5) is 5.69 Å². The van der Waals surface area contributed by atoms with E-state index in [-0.39, 0.29) is 29.2 Å². The summed E-state index contributed by atoms with van der Waals surface area (Å²) >= 11 is 0. The van der Waals surface area contributed by atoms with Crippen molar-refractivity contribution in [1.29, 1.82) is 0 Å². The van der Waals surface area contributed by atoms with Crippen LogP contribution in [0.1, 0.15) is 36.5 Å². The molecule has 2 heterocycles. The Morgan fingerprint density at radius 1 is 0.892 bits per heavy atom. The highest BCUT2D eigenvalue weighted by molar-refractivity contribution is 5.85. The van der Waals surface area contributed by atoms with Crippen LogP contribution in [0.5, 0.6) is 17.2 Å². The fourth-order valence-electron chi connectivity index (χ4n) is 6.52. The molecular formula is C31H36N2O4. The number of carbonyl (C=O) groups is 1. The van der Waals surface area contributed by atoms with E-state index in [1.54, 1.807) is 21.3 Å². The third kappa shape index (κ3) is 4.28. The number of hydrogen-bond donors (Lipinski definition) is 0. The number of nitrogens with zero attached hydrogens (tertiary/aromatic N) is 2. The Morgan fingerprint density at radius 3 is 2.24 bits per heavy atom. The smallest absolute Gasteiger partial charge is 0.229 e. The van der Waals surface area contributed by atoms with E-state index in [2.05, 4.69) is 62.2 Å². The van der Waals surface area contributed by atoms with Crippen molar-refractivity contribution >= 4 is 11.6 Å². The van der Waals surface area contributed by atoms with Gasteiger partial charge in [-0.25, -0.2) is 0 Å². The number of carbonyl (C=O) groups excluding carboxylic acids is 1. The van der Waals surface area contributed by atoms with Crippen LogP contribution in [-0.2, 0) is 11.3 Å². The van der Waals surface area contributed by atoms with E-state index in [4.69, 9.17) is 14.2 Å². The SMILES string of the molecule is COc1ccc([C@@H]2c3ccccc3N(C)[C@H]3[C@H]2C(=O)N(Cc2ccc(OC)cc2OC)CC3(C)C)cc1. The molecule has 0 unspecified atom stereocenters. The van der Waals surface area contributed by atoms with Crippen molar-refractivity contribution in [1.82, 2.24) is 4.90 Å². The highest BCUT2D eigenvalue weighted by Gasteiger charge is 2.55. The molecule has 0 aromatic heterocycles. The first-order valence-corrected chi connectivity index (χ1v) is 12.7. The summed E-state index contributed by atoms with van der Waals surface area (Å²) in [4.78, 5) is 18.8. The van der Waals surface area contributed by atoms with Gasteiger partial charge >= 0.3 is 0 Å². The van der Waals surface area contributed by atoms with E-state index in [1.807, 2.05) is 35.2 Å². The Morgan fingerprint density at radius 2 is 1.57 bits per heavy atom. The van der Waals surface area contributed by atoms with Crippen molar-refractivity contribution < 1.29 is 19.0 Å². The van der Waals surface area contributed by atoms with Gasteiger partial charge in [-0.15, -0.1) is 0 Å². The van der Waals surface area contributed by atoms with Gasteiger partial charge in [-0.3, -0.25) is 4.79 Å². The van der Waals surface area contributed by atoms with Gasteiger partial charge in [0.1, 0.15) is 17.2 Å². The van der Waals surface area contributed by atoms with Crippen molar-refractivity contribution in [3.8, 4) is 17.2 Å². The number of para-hydroxylation sites is 1. The fraction of sp³-hybridized carbons (Fsp3) is 0.387. The lowest BCUT2D eigenvalue weighted by Crippen LogP contribution is -2.65. The van der Waals surface area contributed by atoms with Crippen molar-refractivity contribution in [2.24, 2.45) is 11.3 Å². The predicted octanol–water partition coefficient (Wildman–Crippen LogP) is 5.35. The number of ether oxygens (including phenoxy) is 3. The Labute approximate surface area is 219 Å². The second-order valence-corrected chi connectivity index (χ2v) is 10.8. The first-order chi connectivity index (χ1) is 17.8. The largest absolute Gasteiger partial charge is 0.497 e. The van der Waals surface area contributed by atoms with Crippen LogP contribution < -0.4 is 19.1 Å². The number of anilines is 1. The van der Waals surface area contributed by atoms with E-state index in [0.717, 1.165) is 28.4 Å². The molecule has 37 heavy (non-hydrogen) atoms. The number of methoxy groups -OCH3 is 3. The summed E-state index contributed by atoms with van der Waals surface area (Å²) in [5.41, 5.74) is 4.33. The standard InChI is InChI=1S/C31H36N2O4/c1-31(2)19-33(18-21-13-16-23(36-5)17-26(21)37-6)30(34)28-27(20-11-14-22(35-4)15-12-20)24-9-7-8-10-25(24)32(3)29(28)31/h7-17,27-29H,18-19H2,1-6H3/t27-,28+,29+/m1/s1. The van der Waals surface area contributed by atoms with Crippen LogP contribution in [0, 0.1) is 11.3 Å². The summed E-state index contributed by atoms with van der Waals surface area (Å²) in [5, 5.41) is 0. The summed E-state index contributed by atoms with van der Waals surface area (Å²) in [6.07, 6.45) is 0. The van der Waals surface area contributed by atoms with Gasteiger partial charge in [-0.2, -0.15) is 0 Å². The Balaban J connectivity index is 1.60. The Hall–Kier alpha value is -3.67. The van der Waals surface area contributed by atoms with Gasteiger partial charge in [-0.05, 0) is 41.5 Å². The topological polar surface area (TPSA) is 51.2 Å². The Kier molecular flexibility index (Phi) is 6.52. The van der Waals surface area contributed by atoms with E-state index >= 15 is 0 Å². The molecule has 2 aliphatic heterocycles. The van der Waals surface area contributed by atoms with Crippen LogP contribution >= 0.6 is 0 Å². The predicted molar refractivity (Wildman–Crippen MR) is 146 cm³/mol. The quantitative estimate of drug-likeness (QED) is 0.457. The van der Waals surface area contributed by atoms with Gasteiger partial charge in [0.25, 0.3) is 0 Å². The minimum atomic E-state index is -0.235. The van der Waals surface area contributed by atoms with Crippen molar-refractivity contribution in [3.05, 3.63) is 83.4 Å². The fourth-order valence-corrected chi connectivity index (χ4v) is 6.52. The zero-order valence-electron chi connectivity index (χ0n) is 22.5. The highest BCUT2D eigenvalue weighted by Crippen LogP contribution is 2.52. The van der Waals surface area contributed by atoms with Gasteiger partial charge in [0.15, 0.2) is 0 Å². The van der Waals surface area contributed by atoms with Gasteiger partial charge in [0.05, 0.1) is 27.2 Å². The van der Waals surface area contributed by atoms with Crippen LogP contribution in [0.2, 0.25) is 0 Å². The Bertz CT molecular complexity index is 1290. The summed E-state index contributed by atoms with van der Waals surface area (Å²) < 4.78 is 16.5. The van der Waals surface area contributed by atoms with Crippen molar-refractivity contribution in [2.45, 2.75) is 32.4 Å². The molecule has 0 radical (unpaired) electrons. The minimum Gasteiger partial charge on any atom is -0.497 e. The lowest BCUT2D eigenvalue weighted by atomic mass is 9.62. The van der Waals surface area contributed by atoms with Gasteiger partial charge < -0.3 is 24.0 Å². The third-order valence-electron chi connectivity index (χ3n) is 8.09. The molecular weight excluding hydrogens is 464 g/mol. The average Bonchev–Trinajstić information content (AvgIpc) is 2.91. The molecule has 1 fully saturated rings. The summed E-state index contributed by atoms with van der Waals surface area (Å²) in [6.45, 7) is 5.71. The van der Waals surface area contributed by atoms with Crippen LogP contribution in [0.25, 0.3) is 0 Å². The molecule has 3 aromatic carbocycles. The van der Waals surface area contributed by atoms with Crippen LogP contribution in [0.3, 0.4) is 0 Å². The highest BCUT2D eigenvalue weighted by atomic mass is 16.5. The molecule has 1 saturated heterocycles. The lowest BCUT2D eigenvalue weighted by molar-refractivity contribution is -0.146. The first-order valence-electron chi connectivity index (χ1n) is 12.7. The number of fused-ring (bicyclic) bond motifs is 2. The number of piperidine rings is 1. The zero-order valence-corrected chi connectivity index (χ0v) is 22.5. The monoisotopic (exact) mass is 500 g/mol. The van der Waals surface area contributed by atoms with Crippen LogP contribution in [-0.4, -0.2) is 51.8 Å². The number of likely N-dealkylation sites (tertiary alicyclic amines) is 1. The van der Waals surface area contributed by atoms with Gasteiger partial charge in [-0.1, -0.05) is 44.2 Å². The molecule has 0 spiro atoms. The van der Waals surface area contributed by atoms with E-state index in [9.17, 15) is 4.79 Å². The molecule has 0 saturated carbocycles. The average molecular weight is 501 g/mol. The summed E-state index contributed by atoms with van der Waals surface area (Å²) in [6, 6.07) is 22.5. The maximum Gasteiger partial charge on any atom is 0.229 e. The van der Waals surface area contributed by atoms with Crippen molar-refractivity contribution in [3.63, 3.8) is 0 Å². The summed E-state index contributed by atoms with van der Waals surface area (Å²) in [7, 11) is 7.11. The minimum absolute atomic E-state index is 0.0519. The van der Waals surface area contributed by atoms with E-state index in [0.29, 0.717) is 13.1 Å². The number of benzene rings is 3. The normalized spacial score (nSPS) is 22.2. The third-order valence-corrected chi connectivity index (χ3v) is 8.09. The molecule has 0 aliphatic carbocycles. The molecule has 3 atom stereocenters. The molecule has 2 aliphatic rings. The molecule has 6 nitrogen and oxygen atoms in total. The number of hydrogen-bond acceptors (Lipinski definition) is 5. The molecule has 0 N–H and O–H groups in total. The van der Waals surface area contributed by atoms with Crippen LogP contribution in [0.15, 0.2) is 66.7 Å². The molecule has 6 heteroatoms. The zero-order chi connectivity index (χ0) is 26.3. The maximum atomic E-state index is 14.4.